The van der Waals surface area contributed by atoms with Gasteiger partial charge < -0.3 is 5.32 Å². The summed E-state index contributed by atoms with van der Waals surface area (Å²) in [4.78, 5) is 0.124. The van der Waals surface area contributed by atoms with Crippen LogP contribution in [-0.4, -0.2) is 15.0 Å². The van der Waals surface area contributed by atoms with Crippen LogP contribution in [0.25, 0.3) is 0 Å². The van der Waals surface area contributed by atoms with Crippen LogP contribution in [0, 0.1) is 5.92 Å². The number of benzene rings is 1. The lowest BCUT2D eigenvalue weighted by atomic mass is 9.85. The maximum absolute atomic E-state index is 11.2. The highest BCUT2D eigenvalue weighted by Crippen LogP contribution is 2.29. The van der Waals surface area contributed by atoms with Crippen LogP contribution >= 0.6 is 15.9 Å². The third kappa shape index (κ3) is 3.20. The van der Waals surface area contributed by atoms with Gasteiger partial charge in [-0.25, -0.2) is 13.6 Å². The molecular weight excluding hydrogens is 304 g/mol. The number of rotatable bonds is 4. The SMILES string of the molecule is NS(=O)(=O)c1ccc(NCC2CCC2)c(Br)c1. The standard InChI is InChI=1S/C11H15BrN2O2S/c12-10-6-9(17(13,15)16)4-5-11(10)14-7-8-2-1-3-8/h4-6,8,14H,1-3,7H2,(H2,13,15,16). The highest BCUT2D eigenvalue weighted by molar-refractivity contribution is 9.10. The van der Waals surface area contributed by atoms with E-state index in [1.165, 1.54) is 31.4 Å². The van der Waals surface area contributed by atoms with Crippen LogP contribution in [0.2, 0.25) is 0 Å². The summed E-state index contributed by atoms with van der Waals surface area (Å²) < 4.78 is 23.0. The molecule has 1 aromatic carbocycles. The van der Waals surface area contributed by atoms with Gasteiger partial charge in [-0.1, -0.05) is 6.42 Å². The number of hydrogen-bond acceptors (Lipinski definition) is 3. The van der Waals surface area contributed by atoms with E-state index in [1.54, 1.807) is 6.07 Å². The summed E-state index contributed by atoms with van der Waals surface area (Å²) >= 11 is 3.35. The molecule has 0 unspecified atom stereocenters. The van der Waals surface area contributed by atoms with E-state index in [0.29, 0.717) is 0 Å². The first-order chi connectivity index (χ1) is 7.97. The topological polar surface area (TPSA) is 72.2 Å². The van der Waals surface area contributed by atoms with Crippen LogP contribution in [0.4, 0.5) is 5.69 Å². The van der Waals surface area contributed by atoms with Gasteiger partial charge in [0, 0.05) is 16.7 Å². The fourth-order valence-corrected chi connectivity index (χ4v) is 2.98. The summed E-state index contributed by atoms with van der Waals surface area (Å²) in [6.07, 6.45) is 3.87. The highest BCUT2D eigenvalue weighted by Gasteiger charge is 2.17. The molecule has 0 spiro atoms. The van der Waals surface area contributed by atoms with Crippen molar-refractivity contribution in [2.24, 2.45) is 11.1 Å². The monoisotopic (exact) mass is 318 g/mol. The minimum atomic E-state index is -3.62. The molecule has 1 aliphatic rings. The van der Waals surface area contributed by atoms with E-state index in [-0.39, 0.29) is 4.90 Å². The van der Waals surface area contributed by atoms with Crippen molar-refractivity contribution in [3.63, 3.8) is 0 Å². The molecule has 6 heteroatoms. The van der Waals surface area contributed by atoms with Gasteiger partial charge in [-0.2, -0.15) is 0 Å². The number of sulfonamides is 1. The Morgan fingerprint density at radius 1 is 1.41 bits per heavy atom. The Balaban J connectivity index is 2.08. The molecule has 1 fully saturated rings. The average Bonchev–Trinajstić information content (AvgIpc) is 2.16. The zero-order valence-corrected chi connectivity index (χ0v) is 11.7. The van der Waals surface area contributed by atoms with E-state index in [2.05, 4.69) is 21.2 Å². The van der Waals surface area contributed by atoms with Crippen LogP contribution in [0.1, 0.15) is 19.3 Å². The van der Waals surface area contributed by atoms with Crippen LogP contribution in [0.5, 0.6) is 0 Å². The molecule has 0 atom stereocenters. The summed E-state index contributed by atoms with van der Waals surface area (Å²) in [6.45, 7) is 0.938. The molecule has 0 bridgehead atoms. The molecule has 0 radical (unpaired) electrons. The van der Waals surface area contributed by atoms with Crippen molar-refractivity contribution in [2.45, 2.75) is 24.2 Å². The number of nitrogens with two attached hydrogens (primary N) is 1. The predicted octanol–water partition coefficient (Wildman–Crippen LogP) is 2.31. The number of anilines is 1. The fraction of sp³-hybridized carbons (Fsp3) is 0.455. The summed E-state index contributed by atoms with van der Waals surface area (Å²) in [5.74, 6) is 0.750. The zero-order valence-electron chi connectivity index (χ0n) is 9.32. The van der Waals surface area contributed by atoms with Crippen LogP contribution < -0.4 is 10.5 Å². The fourth-order valence-electron chi connectivity index (χ4n) is 1.77. The molecule has 94 valence electrons. The quantitative estimate of drug-likeness (QED) is 0.894. The van der Waals surface area contributed by atoms with E-state index >= 15 is 0 Å². The van der Waals surface area contributed by atoms with E-state index in [9.17, 15) is 8.42 Å². The van der Waals surface area contributed by atoms with E-state index in [1.807, 2.05) is 0 Å². The average molecular weight is 319 g/mol. The first-order valence-electron chi connectivity index (χ1n) is 5.53. The lowest BCUT2D eigenvalue weighted by Gasteiger charge is -2.26. The number of hydrogen-bond donors (Lipinski definition) is 2. The molecule has 1 aromatic rings. The number of nitrogens with one attached hydrogen (secondary N) is 1. The summed E-state index contributed by atoms with van der Waals surface area (Å²) in [5, 5.41) is 8.37. The second-order valence-corrected chi connectivity index (χ2v) is 6.78. The molecular formula is C11H15BrN2O2S. The minimum Gasteiger partial charge on any atom is -0.384 e. The van der Waals surface area contributed by atoms with Crippen molar-refractivity contribution < 1.29 is 8.42 Å². The van der Waals surface area contributed by atoms with Crippen molar-refractivity contribution in [2.75, 3.05) is 11.9 Å². The Morgan fingerprint density at radius 2 is 2.12 bits per heavy atom. The van der Waals surface area contributed by atoms with Gasteiger partial charge in [-0.3, -0.25) is 0 Å². The second kappa shape index (κ2) is 4.96. The summed E-state index contributed by atoms with van der Waals surface area (Å²) in [6, 6.07) is 4.78. The molecule has 1 aliphatic carbocycles. The highest BCUT2D eigenvalue weighted by atomic mass is 79.9. The molecule has 2 rings (SSSR count). The third-order valence-corrected chi connectivity index (χ3v) is 4.64. The maximum Gasteiger partial charge on any atom is 0.238 e. The molecule has 17 heavy (non-hydrogen) atoms. The Labute approximate surface area is 110 Å². The molecule has 0 amide bonds. The molecule has 1 saturated carbocycles. The van der Waals surface area contributed by atoms with Gasteiger partial charge in [0.05, 0.1) is 4.90 Å². The number of primary sulfonamides is 1. The zero-order chi connectivity index (χ0) is 12.5. The van der Waals surface area contributed by atoms with Crippen molar-refractivity contribution in [3.8, 4) is 0 Å². The van der Waals surface area contributed by atoms with Crippen molar-refractivity contribution >= 4 is 31.6 Å². The minimum absolute atomic E-state index is 0.124. The lowest BCUT2D eigenvalue weighted by Crippen LogP contribution is -2.21. The van der Waals surface area contributed by atoms with Crippen LogP contribution in [0.3, 0.4) is 0 Å². The van der Waals surface area contributed by atoms with Gasteiger partial charge in [-0.15, -0.1) is 0 Å². The van der Waals surface area contributed by atoms with Crippen molar-refractivity contribution in [1.82, 2.24) is 0 Å². The Kier molecular flexibility index (Phi) is 3.75. The van der Waals surface area contributed by atoms with Gasteiger partial charge in [0.15, 0.2) is 0 Å². The molecule has 4 nitrogen and oxygen atoms in total. The summed E-state index contributed by atoms with van der Waals surface area (Å²) in [7, 11) is -3.62. The molecule has 0 saturated heterocycles. The van der Waals surface area contributed by atoms with Gasteiger partial charge in [-0.05, 0) is 52.9 Å². The Bertz CT molecular complexity index is 512. The van der Waals surface area contributed by atoms with Gasteiger partial charge in [0.25, 0.3) is 0 Å². The van der Waals surface area contributed by atoms with Gasteiger partial charge >= 0.3 is 0 Å². The van der Waals surface area contributed by atoms with Gasteiger partial charge in [0.2, 0.25) is 10.0 Å². The number of halogens is 1. The molecule has 3 N–H and O–H groups in total. The smallest absolute Gasteiger partial charge is 0.238 e. The maximum atomic E-state index is 11.2. The van der Waals surface area contributed by atoms with Crippen LogP contribution in [0.15, 0.2) is 27.6 Å². The molecule has 0 heterocycles. The Hall–Kier alpha value is -0.590. The Morgan fingerprint density at radius 3 is 2.59 bits per heavy atom. The first-order valence-corrected chi connectivity index (χ1v) is 7.87. The predicted molar refractivity (Wildman–Crippen MR) is 71.3 cm³/mol. The van der Waals surface area contributed by atoms with E-state index in [0.717, 1.165) is 22.6 Å². The molecule has 0 aliphatic heterocycles. The molecule has 0 aromatic heterocycles. The lowest BCUT2D eigenvalue weighted by molar-refractivity contribution is 0.333. The van der Waals surface area contributed by atoms with Crippen molar-refractivity contribution in [3.05, 3.63) is 22.7 Å². The van der Waals surface area contributed by atoms with Crippen LogP contribution in [-0.2, 0) is 10.0 Å². The van der Waals surface area contributed by atoms with Gasteiger partial charge in [0.1, 0.15) is 0 Å². The summed E-state index contributed by atoms with van der Waals surface area (Å²) in [5.41, 5.74) is 0.907. The largest absolute Gasteiger partial charge is 0.384 e. The van der Waals surface area contributed by atoms with E-state index < -0.39 is 10.0 Å². The first kappa shape index (κ1) is 12.9. The second-order valence-electron chi connectivity index (χ2n) is 4.36. The van der Waals surface area contributed by atoms with Crippen molar-refractivity contribution in [1.29, 1.82) is 0 Å². The van der Waals surface area contributed by atoms with E-state index in [4.69, 9.17) is 5.14 Å². The normalized spacial score (nSPS) is 16.6. The third-order valence-electron chi connectivity index (χ3n) is 3.08.